The van der Waals surface area contributed by atoms with E-state index >= 15 is 0 Å². The highest BCUT2D eigenvalue weighted by Crippen LogP contribution is 2.11. The van der Waals surface area contributed by atoms with Crippen LogP contribution in [0.5, 0.6) is 0 Å². The van der Waals surface area contributed by atoms with Crippen LogP contribution in [0.25, 0.3) is 0 Å². The molecule has 3 heterocycles. The summed E-state index contributed by atoms with van der Waals surface area (Å²) in [7, 11) is 0. The van der Waals surface area contributed by atoms with E-state index in [0.717, 1.165) is 0 Å². The quantitative estimate of drug-likeness (QED) is 0.631. The lowest BCUT2D eigenvalue weighted by Crippen LogP contribution is -2.10. The molecular formula is C13H13N7O3. The zero-order valence-electron chi connectivity index (χ0n) is 11.9. The number of nitrogens with two attached hydrogens (primary N) is 2. The van der Waals surface area contributed by atoms with Crippen LogP contribution in [0, 0.1) is 0 Å². The summed E-state index contributed by atoms with van der Waals surface area (Å²) in [6.07, 6.45) is 3.44. The zero-order chi connectivity index (χ0) is 16.2. The normalized spacial score (nSPS) is 10.6. The molecule has 0 aromatic carbocycles. The van der Waals surface area contributed by atoms with Crippen LogP contribution < -0.4 is 11.5 Å². The van der Waals surface area contributed by atoms with Gasteiger partial charge in [0.05, 0.1) is 6.54 Å². The third kappa shape index (κ3) is 3.61. The van der Waals surface area contributed by atoms with E-state index in [9.17, 15) is 4.79 Å². The summed E-state index contributed by atoms with van der Waals surface area (Å²) in [5.74, 6) is 0.0866. The molecule has 3 aromatic rings. The van der Waals surface area contributed by atoms with Crippen molar-refractivity contribution in [2.24, 2.45) is 0 Å². The van der Waals surface area contributed by atoms with Gasteiger partial charge in [-0.1, -0.05) is 0 Å². The van der Waals surface area contributed by atoms with Crippen molar-refractivity contribution in [3.8, 4) is 0 Å². The fourth-order valence-corrected chi connectivity index (χ4v) is 1.85. The van der Waals surface area contributed by atoms with Crippen LogP contribution in [0.4, 0.5) is 11.9 Å². The van der Waals surface area contributed by atoms with Crippen molar-refractivity contribution in [1.82, 2.24) is 24.7 Å². The van der Waals surface area contributed by atoms with Gasteiger partial charge in [-0.15, -0.1) is 0 Å². The molecule has 23 heavy (non-hydrogen) atoms. The third-order valence-corrected chi connectivity index (χ3v) is 2.79. The minimum absolute atomic E-state index is 0.0388. The van der Waals surface area contributed by atoms with Crippen molar-refractivity contribution in [3.05, 3.63) is 47.9 Å². The van der Waals surface area contributed by atoms with Crippen molar-refractivity contribution in [3.63, 3.8) is 0 Å². The molecule has 0 spiro atoms. The van der Waals surface area contributed by atoms with Crippen molar-refractivity contribution < 1.29 is 13.9 Å². The number of carbonyl (C=O) groups excluding carboxylic acids is 1. The number of ether oxygens (including phenoxy) is 1. The second-order valence-electron chi connectivity index (χ2n) is 4.51. The molecule has 0 amide bonds. The number of hydrogen-bond donors (Lipinski definition) is 2. The summed E-state index contributed by atoms with van der Waals surface area (Å²) in [6.45, 7) is 0.228. The molecular weight excluding hydrogens is 302 g/mol. The number of hydrogen-bond acceptors (Lipinski definition) is 9. The first-order valence-electron chi connectivity index (χ1n) is 6.59. The van der Waals surface area contributed by atoms with E-state index in [4.69, 9.17) is 20.6 Å². The second-order valence-corrected chi connectivity index (χ2v) is 4.51. The summed E-state index contributed by atoms with van der Waals surface area (Å²) >= 11 is 0. The molecule has 10 nitrogen and oxygen atoms in total. The lowest BCUT2D eigenvalue weighted by atomic mass is 10.4. The molecule has 0 atom stereocenters. The van der Waals surface area contributed by atoms with Gasteiger partial charge < -0.3 is 20.6 Å². The van der Waals surface area contributed by atoms with Gasteiger partial charge in [0.15, 0.2) is 12.4 Å². The fraction of sp³-hybridized carbons (Fsp3) is 0.154. The molecule has 0 aliphatic carbocycles. The Hall–Kier alpha value is -3.43. The van der Waals surface area contributed by atoms with Gasteiger partial charge in [0.25, 0.3) is 0 Å². The highest BCUT2D eigenvalue weighted by Gasteiger charge is 2.14. The Morgan fingerprint density at radius 2 is 2.00 bits per heavy atom. The summed E-state index contributed by atoms with van der Waals surface area (Å²) in [6, 6.07) is 5.00. The summed E-state index contributed by atoms with van der Waals surface area (Å²) < 4.78 is 12.1. The van der Waals surface area contributed by atoms with Crippen molar-refractivity contribution in [2.75, 3.05) is 11.5 Å². The lowest BCUT2D eigenvalue weighted by molar-refractivity contribution is 0.0423. The Balaban J connectivity index is 1.61. The van der Waals surface area contributed by atoms with Gasteiger partial charge >= 0.3 is 5.97 Å². The number of carbonyl (C=O) groups is 1. The average Bonchev–Trinajstić information content (AvgIpc) is 3.16. The Morgan fingerprint density at radius 3 is 2.70 bits per heavy atom. The molecule has 0 unspecified atom stereocenters. The van der Waals surface area contributed by atoms with E-state index in [1.54, 1.807) is 29.2 Å². The van der Waals surface area contributed by atoms with Gasteiger partial charge in [0.2, 0.25) is 17.7 Å². The smallest absolute Gasteiger partial charge is 0.374 e. The van der Waals surface area contributed by atoms with Crippen LogP contribution in [0.2, 0.25) is 0 Å². The van der Waals surface area contributed by atoms with Crippen LogP contribution in [-0.4, -0.2) is 30.7 Å². The van der Waals surface area contributed by atoms with E-state index in [-0.39, 0.29) is 30.1 Å². The monoisotopic (exact) mass is 315 g/mol. The molecule has 0 bridgehead atoms. The van der Waals surface area contributed by atoms with Crippen LogP contribution in [0.15, 0.2) is 35.0 Å². The van der Waals surface area contributed by atoms with E-state index in [1.165, 1.54) is 6.07 Å². The molecule has 10 heteroatoms. The van der Waals surface area contributed by atoms with Gasteiger partial charge in [0.1, 0.15) is 5.76 Å². The van der Waals surface area contributed by atoms with E-state index in [0.29, 0.717) is 12.3 Å². The SMILES string of the molecule is Nc1nc(N)nc(COC(=O)c2ccc(Cn3cccn3)o2)n1. The molecule has 0 aliphatic rings. The molecule has 3 aromatic heterocycles. The van der Waals surface area contributed by atoms with E-state index < -0.39 is 5.97 Å². The number of aromatic nitrogens is 5. The largest absolute Gasteiger partial charge is 0.452 e. The number of rotatable bonds is 5. The number of esters is 1. The Labute approximate surface area is 130 Å². The van der Waals surface area contributed by atoms with Gasteiger partial charge in [-0.2, -0.15) is 20.1 Å². The van der Waals surface area contributed by atoms with Gasteiger partial charge in [-0.3, -0.25) is 4.68 Å². The maximum absolute atomic E-state index is 11.9. The maximum Gasteiger partial charge on any atom is 0.374 e. The number of furan rings is 1. The fourth-order valence-electron chi connectivity index (χ4n) is 1.85. The molecule has 0 saturated carbocycles. The standard InChI is InChI=1S/C13H13N7O3/c14-12-17-10(18-13(15)19-12)7-22-11(21)9-3-2-8(23-9)6-20-5-1-4-16-20/h1-5H,6-7H2,(H4,14,15,17,18,19). The van der Waals surface area contributed by atoms with Crippen LogP contribution >= 0.6 is 0 Å². The Morgan fingerprint density at radius 1 is 1.22 bits per heavy atom. The van der Waals surface area contributed by atoms with Gasteiger partial charge in [0, 0.05) is 12.4 Å². The molecule has 0 fully saturated rings. The van der Waals surface area contributed by atoms with Crippen LogP contribution in [-0.2, 0) is 17.9 Å². The van der Waals surface area contributed by atoms with Gasteiger partial charge in [-0.25, -0.2) is 4.79 Å². The van der Waals surface area contributed by atoms with Crippen molar-refractivity contribution in [1.29, 1.82) is 0 Å². The average molecular weight is 315 g/mol. The molecule has 0 saturated heterocycles. The first-order valence-corrected chi connectivity index (χ1v) is 6.59. The molecule has 0 radical (unpaired) electrons. The Kier molecular flexibility index (Phi) is 3.87. The Bertz CT molecular complexity index is 793. The highest BCUT2D eigenvalue weighted by molar-refractivity contribution is 5.86. The number of anilines is 2. The first-order chi connectivity index (χ1) is 11.1. The van der Waals surface area contributed by atoms with E-state index in [1.807, 2.05) is 0 Å². The molecule has 0 aliphatic heterocycles. The zero-order valence-corrected chi connectivity index (χ0v) is 11.9. The maximum atomic E-state index is 11.9. The molecule has 3 rings (SSSR count). The van der Waals surface area contributed by atoms with Crippen molar-refractivity contribution in [2.45, 2.75) is 13.2 Å². The molecule has 4 N–H and O–H groups in total. The second kappa shape index (κ2) is 6.13. The minimum atomic E-state index is -0.644. The highest BCUT2D eigenvalue weighted by atomic mass is 16.5. The lowest BCUT2D eigenvalue weighted by Gasteiger charge is -2.03. The van der Waals surface area contributed by atoms with Crippen molar-refractivity contribution >= 4 is 17.9 Å². The number of nitrogens with zero attached hydrogens (tertiary/aromatic N) is 5. The summed E-state index contributed by atoms with van der Waals surface area (Å²) in [4.78, 5) is 23.2. The number of nitrogen functional groups attached to an aromatic ring is 2. The third-order valence-electron chi connectivity index (χ3n) is 2.79. The van der Waals surface area contributed by atoms with Gasteiger partial charge in [-0.05, 0) is 18.2 Å². The first kappa shape index (κ1) is 14.5. The van der Waals surface area contributed by atoms with Crippen LogP contribution in [0.3, 0.4) is 0 Å². The topological polar surface area (TPSA) is 148 Å². The van der Waals surface area contributed by atoms with E-state index in [2.05, 4.69) is 20.1 Å². The summed E-state index contributed by atoms with van der Waals surface area (Å²) in [5.41, 5.74) is 10.9. The van der Waals surface area contributed by atoms with Crippen LogP contribution in [0.1, 0.15) is 22.1 Å². The predicted octanol–water partition coefficient (Wildman–Crippen LogP) is 0.231. The summed E-state index contributed by atoms with van der Waals surface area (Å²) in [5, 5.41) is 4.05. The minimum Gasteiger partial charge on any atom is -0.452 e. The predicted molar refractivity (Wildman–Crippen MR) is 77.8 cm³/mol. The molecule has 118 valence electrons.